The Bertz CT molecular complexity index is 666. The molecule has 21 heavy (non-hydrogen) atoms. The smallest absolute Gasteiger partial charge is 0.222 e. The van der Waals surface area contributed by atoms with Gasteiger partial charge in [-0.25, -0.2) is 4.98 Å². The third kappa shape index (κ3) is 2.81. The van der Waals surface area contributed by atoms with Gasteiger partial charge in [-0.1, -0.05) is 35.9 Å². The molecular formula is C16H18ClN3O. The summed E-state index contributed by atoms with van der Waals surface area (Å²) in [5.74, 6) is 1.15. The average molecular weight is 304 g/mol. The molecule has 1 fully saturated rings. The number of hydrogen-bond donors (Lipinski definition) is 1. The van der Waals surface area contributed by atoms with Crippen molar-refractivity contribution in [3.63, 3.8) is 0 Å². The molecule has 0 saturated carbocycles. The highest BCUT2D eigenvalue weighted by molar-refractivity contribution is 6.34. The summed E-state index contributed by atoms with van der Waals surface area (Å²) in [5.41, 5.74) is 0. The quantitative estimate of drug-likeness (QED) is 0.868. The molecule has 5 heteroatoms. The number of aromatic nitrogens is 1. The number of benzene rings is 1. The minimum absolute atomic E-state index is 0.113. The molecule has 1 N–H and O–H groups in total. The molecule has 0 bridgehead atoms. The van der Waals surface area contributed by atoms with Gasteiger partial charge in [-0.2, -0.15) is 0 Å². The maximum Gasteiger partial charge on any atom is 0.222 e. The molecule has 4 nitrogen and oxygen atoms in total. The zero-order chi connectivity index (χ0) is 14.8. The third-order valence-corrected chi connectivity index (χ3v) is 4.40. The van der Waals surface area contributed by atoms with E-state index in [-0.39, 0.29) is 11.8 Å². The number of carbonyl (C=O) groups is 1. The second-order valence-electron chi connectivity index (χ2n) is 5.37. The second-order valence-corrected chi connectivity index (χ2v) is 5.73. The fourth-order valence-corrected chi connectivity index (χ4v) is 3.14. The molecule has 0 spiro atoms. The molecule has 0 unspecified atom stereocenters. The van der Waals surface area contributed by atoms with Gasteiger partial charge >= 0.3 is 0 Å². The van der Waals surface area contributed by atoms with Gasteiger partial charge in [0.1, 0.15) is 11.0 Å². The number of halogens is 1. The van der Waals surface area contributed by atoms with Crippen LogP contribution in [0.3, 0.4) is 0 Å². The van der Waals surface area contributed by atoms with E-state index in [1.807, 2.05) is 24.3 Å². The molecule has 1 saturated heterocycles. The Labute approximate surface area is 129 Å². The lowest BCUT2D eigenvalue weighted by Crippen LogP contribution is -2.39. The van der Waals surface area contributed by atoms with Crippen LogP contribution in [0.2, 0.25) is 5.15 Å². The van der Waals surface area contributed by atoms with Crippen LogP contribution in [-0.2, 0) is 4.79 Å². The van der Waals surface area contributed by atoms with Crippen LogP contribution >= 0.6 is 11.6 Å². The van der Waals surface area contributed by atoms with Crippen molar-refractivity contribution in [3.05, 3.63) is 35.5 Å². The topological polar surface area (TPSA) is 45.2 Å². The summed E-state index contributed by atoms with van der Waals surface area (Å²) < 4.78 is 0. The SMILES string of the molecule is CNC(=O)C1CCN(c2cc3ccccc3c(Cl)n2)CC1. The maximum atomic E-state index is 11.7. The van der Waals surface area contributed by atoms with E-state index in [1.54, 1.807) is 7.05 Å². The van der Waals surface area contributed by atoms with Crippen molar-refractivity contribution in [1.82, 2.24) is 10.3 Å². The summed E-state index contributed by atoms with van der Waals surface area (Å²) >= 11 is 6.28. The molecule has 110 valence electrons. The Morgan fingerprint density at radius 2 is 2.05 bits per heavy atom. The molecule has 3 rings (SSSR count). The Balaban J connectivity index is 1.81. The normalized spacial score (nSPS) is 16.2. The molecular weight excluding hydrogens is 286 g/mol. The first-order chi connectivity index (χ1) is 10.2. The summed E-state index contributed by atoms with van der Waals surface area (Å²) in [7, 11) is 1.69. The van der Waals surface area contributed by atoms with Crippen LogP contribution in [0.1, 0.15) is 12.8 Å². The highest BCUT2D eigenvalue weighted by Crippen LogP contribution is 2.28. The molecule has 0 aliphatic carbocycles. The minimum Gasteiger partial charge on any atom is -0.359 e. The van der Waals surface area contributed by atoms with E-state index in [2.05, 4.69) is 21.3 Å². The summed E-state index contributed by atoms with van der Waals surface area (Å²) in [6.45, 7) is 1.67. The second kappa shape index (κ2) is 5.90. The fraction of sp³-hybridized carbons (Fsp3) is 0.375. The molecule has 2 heterocycles. The van der Waals surface area contributed by atoms with Crippen molar-refractivity contribution in [2.24, 2.45) is 5.92 Å². The highest BCUT2D eigenvalue weighted by Gasteiger charge is 2.25. The van der Waals surface area contributed by atoms with E-state index in [4.69, 9.17) is 11.6 Å². The Morgan fingerprint density at radius 1 is 1.33 bits per heavy atom. The van der Waals surface area contributed by atoms with E-state index < -0.39 is 0 Å². The average Bonchev–Trinajstić information content (AvgIpc) is 2.54. The van der Waals surface area contributed by atoms with Gasteiger partial charge in [0.15, 0.2) is 0 Å². The molecule has 1 aliphatic rings. The first kappa shape index (κ1) is 14.1. The predicted octanol–water partition coefficient (Wildman–Crippen LogP) is 2.85. The van der Waals surface area contributed by atoms with Crippen molar-refractivity contribution < 1.29 is 4.79 Å². The summed E-state index contributed by atoms with van der Waals surface area (Å²) in [6.07, 6.45) is 1.71. The van der Waals surface area contributed by atoms with Crippen LogP contribution in [0.4, 0.5) is 5.82 Å². The Kier molecular flexibility index (Phi) is 3.97. The number of carbonyl (C=O) groups excluding carboxylic acids is 1. The Hall–Kier alpha value is -1.81. The van der Waals surface area contributed by atoms with Crippen LogP contribution in [0.25, 0.3) is 10.8 Å². The lowest BCUT2D eigenvalue weighted by atomic mass is 9.96. The number of hydrogen-bond acceptors (Lipinski definition) is 3. The van der Waals surface area contributed by atoms with Gasteiger partial charge in [0.25, 0.3) is 0 Å². The standard InChI is InChI=1S/C16H18ClN3O/c1-18-16(21)11-6-8-20(9-7-11)14-10-12-4-2-3-5-13(12)15(17)19-14/h2-5,10-11H,6-9H2,1H3,(H,18,21). The largest absolute Gasteiger partial charge is 0.359 e. The molecule has 1 amide bonds. The van der Waals surface area contributed by atoms with E-state index in [0.29, 0.717) is 5.15 Å². The number of anilines is 1. The van der Waals surface area contributed by atoms with Crippen LogP contribution < -0.4 is 10.2 Å². The number of fused-ring (bicyclic) bond motifs is 1. The molecule has 0 atom stereocenters. The van der Waals surface area contributed by atoms with Gasteiger partial charge in [0.05, 0.1) is 0 Å². The van der Waals surface area contributed by atoms with Gasteiger partial charge < -0.3 is 10.2 Å². The molecule has 0 radical (unpaired) electrons. The van der Waals surface area contributed by atoms with Crippen LogP contribution in [0.15, 0.2) is 30.3 Å². The van der Waals surface area contributed by atoms with Crippen molar-refractivity contribution in [2.75, 3.05) is 25.0 Å². The zero-order valence-corrected chi connectivity index (χ0v) is 12.7. The molecule has 1 aromatic carbocycles. The van der Waals surface area contributed by atoms with Gasteiger partial charge in [0.2, 0.25) is 5.91 Å². The number of piperidine rings is 1. The van der Waals surface area contributed by atoms with E-state index >= 15 is 0 Å². The molecule has 1 aromatic heterocycles. The van der Waals surface area contributed by atoms with Crippen LogP contribution in [0, 0.1) is 5.92 Å². The van der Waals surface area contributed by atoms with E-state index in [9.17, 15) is 4.79 Å². The van der Waals surface area contributed by atoms with Gasteiger partial charge in [-0.3, -0.25) is 4.79 Å². The number of amides is 1. The Morgan fingerprint density at radius 3 is 2.76 bits per heavy atom. The summed E-state index contributed by atoms with van der Waals surface area (Å²) in [6, 6.07) is 10.1. The lowest BCUT2D eigenvalue weighted by molar-refractivity contribution is -0.125. The van der Waals surface area contributed by atoms with Crippen molar-refractivity contribution in [2.45, 2.75) is 12.8 Å². The van der Waals surface area contributed by atoms with Crippen molar-refractivity contribution in [1.29, 1.82) is 0 Å². The fourth-order valence-electron chi connectivity index (χ4n) is 2.88. The minimum atomic E-state index is 0.113. The monoisotopic (exact) mass is 303 g/mol. The maximum absolute atomic E-state index is 11.7. The highest BCUT2D eigenvalue weighted by atomic mass is 35.5. The molecule has 1 aliphatic heterocycles. The summed E-state index contributed by atoms with van der Waals surface area (Å²) in [4.78, 5) is 18.4. The van der Waals surface area contributed by atoms with E-state index in [0.717, 1.165) is 42.5 Å². The first-order valence-electron chi connectivity index (χ1n) is 7.21. The lowest BCUT2D eigenvalue weighted by Gasteiger charge is -2.32. The third-order valence-electron chi connectivity index (χ3n) is 4.12. The predicted molar refractivity (Wildman–Crippen MR) is 85.8 cm³/mol. The molecule has 2 aromatic rings. The van der Waals surface area contributed by atoms with E-state index in [1.165, 1.54) is 0 Å². The number of rotatable bonds is 2. The number of nitrogens with one attached hydrogen (secondary N) is 1. The zero-order valence-electron chi connectivity index (χ0n) is 12.0. The number of pyridine rings is 1. The van der Waals surface area contributed by atoms with Gasteiger partial charge in [-0.15, -0.1) is 0 Å². The van der Waals surface area contributed by atoms with Crippen LogP contribution in [0.5, 0.6) is 0 Å². The van der Waals surface area contributed by atoms with Crippen molar-refractivity contribution in [3.8, 4) is 0 Å². The van der Waals surface area contributed by atoms with Crippen LogP contribution in [-0.4, -0.2) is 31.0 Å². The van der Waals surface area contributed by atoms with Gasteiger partial charge in [0, 0.05) is 31.4 Å². The van der Waals surface area contributed by atoms with Gasteiger partial charge in [-0.05, 0) is 24.3 Å². The van der Waals surface area contributed by atoms with Crippen molar-refractivity contribution >= 4 is 34.1 Å². The summed E-state index contributed by atoms with van der Waals surface area (Å²) in [5, 5.41) is 5.34. The first-order valence-corrected chi connectivity index (χ1v) is 7.58. The number of nitrogens with zero attached hydrogens (tertiary/aromatic N) is 2.